The van der Waals surface area contributed by atoms with Crippen LogP contribution in [0.3, 0.4) is 0 Å². The topological polar surface area (TPSA) is 99.6 Å². The zero-order chi connectivity index (χ0) is 21.9. The van der Waals surface area contributed by atoms with Crippen molar-refractivity contribution in [2.24, 2.45) is 0 Å². The number of halogens is 3. The Morgan fingerprint density at radius 1 is 1.30 bits per heavy atom. The van der Waals surface area contributed by atoms with Crippen LogP contribution in [-0.4, -0.2) is 62.6 Å². The predicted molar refractivity (Wildman–Crippen MR) is 98.6 cm³/mol. The summed E-state index contributed by atoms with van der Waals surface area (Å²) in [4.78, 5) is 42.6. The van der Waals surface area contributed by atoms with Crippen LogP contribution in [0.2, 0.25) is 0 Å². The number of nitrogens with one attached hydrogen (secondary N) is 2. The van der Waals surface area contributed by atoms with Gasteiger partial charge in [-0.1, -0.05) is 19.3 Å². The number of imide groups is 1. The number of hydrogen-bond donors (Lipinski definition) is 2. The molecule has 9 nitrogen and oxygen atoms in total. The van der Waals surface area contributed by atoms with Gasteiger partial charge in [-0.15, -0.1) is 0 Å². The van der Waals surface area contributed by atoms with E-state index in [0.29, 0.717) is 12.8 Å². The van der Waals surface area contributed by atoms with Crippen LogP contribution in [-0.2, 0) is 22.7 Å². The third kappa shape index (κ3) is 5.10. The molecule has 0 aromatic carbocycles. The SMILES string of the molecule is CN(CCC(=O)NN1C(=O)NC2(CCCCC2)C1=O)Cc1nccn1CC(F)(F)F. The Morgan fingerprint density at radius 2 is 2.00 bits per heavy atom. The van der Waals surface area contributed by atoms with Gasteiger partial charge in [-0.2, -0.15) is 18.2 Å². The molecule has 4 amide bonds. The number of hydrogen-bond acceptors (Lipinski definition) is 5. The predicted octanol–water partition coefficient (Wildman–Crippen LogP) is 1.55. The van der Waals surface area contributed by atoms with Crippen molar-refractivity contribution < 1.29 is 27.6 Å². The molecule has 2 fully saturated rings. The van der Waals surface area contributed by atoms with Gasteiger partial charge in [-0.3, -0.25) is 19.9 Å². The Morgan fingerprint density at radius 3 is 2.67 bits per heavy atom. The molecule has 0 unspecified atom stereocenters. The van der Waals surface area contributed by atoms with Crippen molar-refractivity contribution in [2.45, 2.75) is 63.3 Å². The molecule has 166 valence electrons. The first-order valence-corrected chi connectivity index (χ1v) is 9.81. The number of imidazole rings is 1. The van der Waals surface area contributed by atoms with Crippen molar-refractivity contribution in [3.63, 3.8) is 0 Å². The number of nitrogens with zero attached hydrogens (tertiary/aromatic N) is 4. The molecule has 0 atom stereocenters. The molecule has 2 N–H and O–H groups in total. The molecule has 1 aliphatic carbocycles. The van der Waals surface area contributed by atoms with E-state index in [1.807, 2.05) is 0 Å². The standard InChI is InChI=1S/C18H25F3N6O3/c1-25(11-13-22-8-10-26(13)12-18(19,20)21)9-5-14(28)24-27-15(29)17(23-16(27)30)6-3-2-4-7-17/h8,10H,2-7,9,11-12H2,1H3,(H,23,30)(H,24,28). The molecule has 2 aliphatic rings. The number of amides is 4. The van der Waals surface area contributed by atoms with Gasteiger partial charge in [0, 0.05) is 25.4 Å². The molecule has 1 spiro atoms. The molecule has 1 aromatic rings. The fourth-order valence-corrected chi connectivity index (χ4v) is 3.84. The van der Waals surface area contributed by atoms with Crippen LogP contribution in [0.1, 0.15) is 44.3 Å². The zero-order valence-corrected chi connectivity index (χ0v) is 16.7. The van der Waals surface area contributed by atoms with Crippen molar-refractivity contribution in [1.82, 2.24) is 30.2 Å². The van der Waals surface area contributed by atoms with E-state index in [4.69, 9.17) is 0 Å². The van der Waals surface area contributed by atoms with Gasteiger partial charge in [-0.25, -0.2) is 9.78 Å². The van der Waals surface area contributed by atoms with E-state index < -0.39 is 36.1 Å². The molecule has 1 aliphatic heterocycles. The highest BCUT2D eigenvalue weighted by Crippen LogP contribution is 2.33. The number of carbonyl (C=O) groups is 3. The third-order valence-corrected chi connectivity index (χ3v) is 5.39. The van der Waals surface area contributed by atoms with Gasteiger partial charge >= 0.3 is 12.2 Å². The van der Waals surface area contributed by atoms with E-state index in [9.17, 15) is 27.6 Å². The lowest BCUT2D eigenvalue weighted by Gasteiger charge is -2.30. The Labute approximate surface area is 171 Å². The smallest absolute Gasteiger partial charge is 0.325 e. The second-order valence-corrected chi connectivity index (χ2v) is 7.82. The van der Waals surface area contributed by atoms with Crippen molar-refractivity contribution >= 4 is 17.8 Å². The highest BCUT2D eigenvalue weighted by atomic mass is 19.4. The van der Waals surface area contributed by atoms with Crippen molar-refractivity contribution in [1.29, 1.82) is 0 Å². The Bertz CT molecular complexity index is 803. The number of rotatable bonds is 7. The maximum Gasteiger partial charge on any atom is 0.406 e. The average Bonchev–Trinajstić information content (AvgIpc) is 3.17. The summed E-state index contributed by atoms with van der Waals surface area (Å²) in [6, 6.07) is -0.641. The van der Waals surface area contributed by atoms with Crippen LogP contribution in [0.25, 0.3) is 0 Å². The summed E-state index contributed by atoms with van der Waals surface area (Å²) in [6.07, 6.45) is 1.93. The molecule has 1 aromatic heterocycles. The number of urea groups is 1. The Kier molecular flexibility index (Phi) is 6.34. The largest absolute Gasteiger partial charge is 0.406 e. The number of aromatic nitrogens is 2. The Hall–Kier alpha value is -2.63. The average molecular weight is 430 g/mol. The lowest BCUT2D eigenvalue weighted by molar-refractivity contribution is -0.141. The number of carbonyl (C=O) groups excluding carboxylic acids is 3. The summed E-state index contributed by atoms with van der Waals surface area (Å²) < 4.78 is 38.8. The molecule has 1 saturated heterocycles. The molecule has 0 bridgehead atoms. The highest BCUT2D eigenvalue weighted by molar-refractivity contribution is 6.08. The summed E-state index contributed by atoms with van der Waals surface area (Å²) in [7, 11) is 1.64. The van der Waals surface area contributed by atoms with Gasteiger partial charge in [0.2, 0.25) is 5.91 Å². The minimum Gasteiger partial charge on any atom is -0.325 e. The van der Waals surface area contributed by atoms with Crippen LogP contribution in [0.4, 0.5) is 18.0 Å². The molecule has 30 heavy (non-hydrogen) atoms. The van der Waals surface area contributed by atoms with Gasteiger partial charge in [0.1, 0.15) is 17.9 Å². The van der Waals surface area contributed by atoms with Crippen LogP contribution < -0.4 is 10.7 Å². The van der Waals surface area contributed by atoms with E-state index in [-0.39, 0.29) is 25.3 Å². The summed E-state index contributed by atoms with van der Waals surface area (Å²) in [6.45, 7) is -0.813. The lowest BCUT2D eigenvalue weighted by atomic mass is 9.82. The van der Waals surface area contributed by atoms with Gasteiger partial charge in [0.25, 0.3) is 5.91 Å². The lowest BCUT2D eigenvalue weighted by Crippen LogP contribution is -2.51. The molecule has 3 rings (SSSR count). The van der Waals surface area contributed by atoms with E-state index in [0.717, 1.165) is 28.8 Å². The van der Waals surface area contributed by atoms with Gasteiger partial charge in [-0.05, 0) is 19.9 Å². The van der Waals surface area contributed by atoms with E-state index in [1.165, 1.54) is 12.4 Å². The molecular formula is C18H25F3N6O3. The second kappa shape index (κ2) is 8.62. The summed E-state index contributed by atoms with van der Waals surface area (Å²) in [5.41, 5.74) is 1.42. The first-order valence-electron chi connectivity index (χ1n) is 9.81. The minimum atomic E-state index is -4.35. The van der Waals surface area contributed by atoms with Crippen LogP contribution in [0, 0.1) is 0 Å². The molecule has 0 radical (unpaired) electrons. The van der Waals surface area contributed by atoms with Crippen molar-refractivity contribution in [3.05, 3.63) is 18.2 Å². The number of hydrazine groups is 1. The molecular weight excluding hydrogens is 405 g/mol. The van der Waals surface area contributed by atoms with E-state index in [1.54, 1.807) is 11.9 Å². The van der Waals surface area contributed by atoms with Crippen molar-refractivity contribution in [3.8, 4) is 0 Å². The first-order chi connectivity index (χ1) is 14.1. The molecule has 1 saturated carbocycles. The van der Waals surface area contributed by atoms with Crippen LogP contribution >= 0.6 is 0 Å². The zero-order valence-electron chi connectivity index (χ0n) is 16.7. The first kappa shape index (κ1) is 22.1. The maximum absolute atomic E-state index is 12.6. The van der Waals surface area contributed by atoms with Gasteiger partial charge < -0.3 is 9.88 Å². The quantitative estimate of drug-likeness (QED) is 0.640. The van der Waals surface area contributed by atoms with Gasteiger partial charge in [0.15, 0.2) is 0 Å². The molecule has 12 heteroatoms. The van der Waals surface area contributed by atoms with Crippen LogP contribution in [0.15, 0.2) is 12.4 Å². The van der Waals surface area contributed by atoms with E-state index >= 15 is 0 Å². The fraction of sp³-hybridized carbons (Fsp3) is 0.667. The van der Waals surface area contributed by atoms with Crippen molar-refractivity contribution in [2.75, 3.05) is 13.6 Å². The minimum absolute atomic E-state index is 0.0411. The highest BCUT2D eigenvalue weighted by Gasteiger charge is 2.52. The summed E-state index contributed by atoms with van der Waals surface area (Å²) >= 11 is 0. The normalized spacial score (nSPS) is 18.9. The second-order valence-electron chi connectivity index (χ2n) is 7.82. The molecule has 2 heterocycles. The van der Waals surface area contributed by atoms with Gasteiger partial charge in [0.05, 0.1) is 6.54 Å². The third-order valence-electron chi connectivity index (χ3n) is 5.39. The van der Waals surface area contributed by atoms with E-state index in [2.05, 4.69) is 15.7 Å². The number of alkyl halides is 3. The Balaban J connectivity index is 1.48. The monoisotopic (exact) mass is 430 g/mol. The maximum atomic E-state index is 12.6. The summed E-state index contributed by atoms with van der Waals surface area (Å²) in [5.74, 6) is -0.747. The van der Waals surface area contributed by atoms with Crippen LogP contribution in [0.5, 0.6) is 0 Å². The summed E-state index contributed by atoms with van der Waals surface area (Å²) in [5, 5.41) is 3.44. The fourth-order valence-electron chi connectivity index (χ4n) is 3.84.